The number of likely N-dealkylation sites (tertiary alicyclic amines) is 1. The number of aliphatic hydroxyl groups is 1. The quantitative estimate of drug-likeness (QED) is 0.746. The second-order valence-electron chi connectivity index (χ2n) is 6.00. The lowest BCUT2D eigenvalue weighted by Crippen LogP contribution is -2.54. The Kier molecular flexibility index (Phi) is 2.90. The molecule has 1 saturated heterocycles. The molecule has 0 atom stereocenters. The van der Waals surface area contributed by atoms with Crippen LogP contribution in [0.4, 0.5) is 0 Å². The number of hydrogen-bond donors (Lipinski definition) is 1. The van der Waals surface area contributed by atoms with Gasteiger partial charge in [0, 0.05) is 13.1 Å². The van der Waals surface area contributed by atoms with Gasteiger partial charge in [0.15, 0.2) is 0 Å². The van der Waals surface area contributed by atoms with Crippen molar-refractivity contribution in [2.45, 2.75) is 45.1 Å². The van der Waals surface area contributed by atoms with E-state index in [4.69, 9.17) is 0 Å². The summed E-state index contributed by atoms with van der Waals surface area (Å²) in [5.41, 5.74) is -1.41. The van der Waals surface area contributed by atoms with Crippen molar-refractivity contribution in [1.82, 2.24) is 4.90 Å². The molecule has 1 aliphatic carbocycles. The summed E-state index contributed by atoms with van der Waals surface area (Å²) in [7, 11) is 0. The second-order valence-corrected chi connectivity index (χ2v) is 6.00. The highest BCUT2D eigenvalue weighted by atomic mass is 16.3. The van der Waals surface area contributed by atoms with Crippen LogP contribution in [0, 0.1) is 22.7 Å². The lowest BCUT2D eigenvalue weighted by Gasteiger charge is -2.45. The topological polar surface area (TPSA) is 64.3 Å². The Morgan fingerprint density at radius 1 is 1.41 bits per heavy atom. The minimum Gasteiger partial charge on any atom is -0.390 e. The number of carbonyl (C=O) groups excluding carboxylic acids is 1. The molecule has 1 aliphatic heterocycles. The van der Waals surface area contributed by atoms with Crippen LogP contribution in [0.3, 0.4) is 0 Å². The molecule has 0 radical (unpaired) electrons. The Hall–Kier alpha value is -1.08. The first-order valence-electron chi connectivity index (χ1n) is 6.32. The standard InChI is InChI=1S/C13H20N2O2/c1-10-7-13(8-10,9-14)11(16)15-5-3-12(2,17)4-6-15/h10,17H,3-8H2,1-2H3. The fraction of sp³-hybridized carbons (Fsp3) is 0.846. The Bertz CT molecular complexity index is 354. The molecule has 0 aromatic carbocycles. The summed E-state index contributed by atoms with van der Waals surface area (Å²) in [5, 5.41) is 19.1. The van der Waals surface area contributed by atoms with Crippen LogP contribution in [-0.4, -0.2) is 34.6 Å². The van der Waals surface area contributed by atoms with Crippen LogP contribution in [-0.2, 0) is 4.79 Å². The number of nitrogens with zero attached hydrogens (tertiary/aromatic N) is 2. The van der Waals surface area contributed by atoms with Crippen LogP contribution < -0.4 is 0 Å². The predicted octanol–water partition coefficient (Wildman–Crippen LogP) is 1.30. The van der Waals surface area contributed by atoms with Gasteiger partial charge in [-0.15, -0.1) is 0 Å². The van der Waals surface area contributed by atoms with Crippen LogP contribution in [0.1, 0.15) is 39.5 Å². The zero-order valence-corrected chi connectivity index (χ0v) is 10.6. The molecule has 4 heteroatoms. The molecule has 17 heavy (non-hydrogen) atoms. The van der Waals surface area contributed by atoms with Gasteiger partial charge in [0.05, 0.1) is 11.7 Å². The van der Waals surface area contributed by atoms with Crippen molar-refractivity contribution in [3.8, 4) is 6.07 Å². The van der Waals surface area contributed by atoms with E-state index in [1.54, 1.807) is 11.8 Å². The van der Waals surface area contributed by atoms with Gasteiger partial charge in [0.2, 0.25) is 5.91 Å². The first-order valence-corrected chi connectivity index (χ1v) is 6.32. The summed E-state index contributed by atoms with van der Waals surface area (Å²) in [6.45, 7) is 5.03. The molecule has 1 amide bonds. The van der Waals surface area contributed by atoms with Crippen molar-refractivity contribution in [2.24, 2.45) is 11.3 Å². The van der Waals surface area contributed by atoms with Gasteiger partial charge in [-0.3, -0.25) is 4.79 Å². The average molecular weight is 236 g/mol. The van der Waals surface area contributed by atoms with Gasteiger partial charge in [-0.1, -0.05) is 6.92 Å². The minimum atomic E-state index is -0.761. The predicted molar refractivity (Wildman–Crippen MR) is 62.9 cm³/mol. The maximum Gasteiger partial charge on any atom is 0.243 e. The molecule has 0 aromatic rings. The molecule has 1 heterocycles. The molecule has 2 fully saturated rings. The van der Waals surface area contributed by atoms with E-state index in [0.29, 0.717) is 44.7 Å². The van der Waals surface area contributed by atoms with Gasteiger partial charge in [-0.2, -0.15) is 5.26 Å². The summed E-state index contributed by atoms with van der Waals surface area (Å²) in [4.78, 5) is 14.1. The van der Waals surface area contributed by atoms with E-state index in [9.17, 15) is 15.2 Å². The maximum absolute atomic E-state index is 12.3. The van der Waals surface area contributed by atoms with Gasteiger partial charge in [0.25, 0.3) is 0 Å². The number of hydrogen-bond acceptors (Lipinski definition) is 3. The monoisotopic (exact) mass is 236 g/mol. The maximum atomic E-state index is 12.3. The van der Waals surface area contributed by atoms with Crippen LogP contribution in [0.2, 0.25) is 0 Å². The third kappa shape index (κ3) is 2.16. The van der Waals surface area contributed by atoms with Crippen molar-refractivity contribution >= 4 is 5.91 Å². The lowest BCUT2D eigenvalue weighted by atomic mass is 9.62. The van der Waals surface area contributed by atoms with Crippen molar-refractivity contribution < 1.29 is 9.90 Å². The molecule has 2 aliphatic rings. The molecular weight excluding hydrogens is 216 g/mol. The van der Waals surface area contributed by atoms with E-state index in [0.717, 1.165) is 0 Å². The second kappa shape index (κ2) is 3.99. The Morgan fingerprint density at radius 3 is 2.35 bits per heavy atom. The summed E-state index contributed by atoms with van der Waals surface area (Å²) in [5.74, 6) is 0.458. The number of nitriles is 1. The largest absolute Gasteiger partial charge is 0.390 e. The molecule has 0 unspecified atom stereocenters. The summed E-state index contributed by atoms with van der Waals surface area (Å²) < 4.78 is 0. The zero-order valence-electron chi connectivity index (χ0n) is 10.6. The molecule has 1 saturated carbocycles. The van der Waals surface area contributed by atoms with E-state index < -0.39 is 11.0 Å². The van der Waals surface area contributed by atoms with E-state index in [-0.39, 0.29) is 5.91 Å². The van der Waals surface area contributed by atoms with E-state index >= 15 is 0 Å². The lowest BCUT2D eigenvalue weighted by molar-refractivity contribution is -0.149. The van der Waals surface area contributed by atoms with Crippen molar-refractivity contribution in [1.29, 1.82) is 5.26 Å². The highest BCUT2D eigenvalue weighted by Crippen LogP contribution is 2.46. The zero-order chi connectivity index (χ0) is 12.7. The van der Waals surface area contributed by atoms with Crippen molar-refractivity contribution in [2.75, 3.05) is 13.1 Å². The van der Waals surface area contributed by atoms with Gasteiger partial charge in [-0.05, 0) is 38.5 Å². The number of carbonyl (C=O) groups is 1. The highest BCUT2D eigenvalue weighted by molar-refractivity contribution is 5.86. The van der Waals surface area contributed by atoms with Crippen LogP contribution in [0.25, 0.3) is 0 Å². The third-order valence-corrected chi connectivity index (χ3v) is 4.15. The molecule has 0 aromatic heterocycles. The van der Waals surface area contributed by atoms with Gasteiger partial charge >= 0.3 is 0 Å². The van der Waals surface area contributed by atoms with Crippen LogP contribution >= 0.6 is 0 Å². The van der Waals surface area contributed by atoms with E-state index in [1.165, 1.54) is 0 Å². The molecule has 4 nitrogen and oxygen atoms in total. The van der Waals surface area contributed by atoms with Gasteiger partial charge in [0.1, 0.15) is 5.41 Å². The Morgan fingerprint density at radius 2 is 1.94 bits per heavy atom. The van der Waals surface area contributed by atoms with Gasteiger partial charge < -0.3 is 10.0 Å². The summed E-state index contributed by atoms with van der Waals surface area (Å²) in [6, 6.07) is 2.21. The smallest absolute Gasteiger partial charge is 0.243 e. The normalized spacial score (nSPS) is 35.9. The summed E-state index contributed by atoms with van der Waals surface area (Å²) >= 11 is 0. The fourth-order valence-electron chi connectivity index (χ4n) is 2.94. The molecule has 2 rings (SSSR count). The van der Waals surface area contributed by atoms with E-state index in [1.807, 2.05) is 0 Å². The van der Waals surface area contributed by atoms with Crippen LogP contribution in [0.5, 0.6) is 0 Å². The average Bonchev–Trinajstić information content (AvgIpc) is 2.23. The SMILES string of the molecule is CC1CC(C#N)(C(=O)N2CCC(C)(O)CC2)C1. The molecule has 1 N–H and O–H groups in total. The minimum absolute atomic E-state index is 0.0198. The number of piperidine rings is 1. The highest BCUT2D eigenvalue weighted by Gasteiger charge is 2.51. The van der Waals surface area contributed by atoms with Crippen molar-refractivity contribution in [3.63, 3.8) is 0 Å². The molecule has 0 bridgehead atoms. The van der Waals surface area contributed by atoms with E-state index in [2.05, 4.69) is 13.0 Å². The Labute approximate surface area is 102 Å². The first kappa shape index (κ1) is 12.4. The fourth-order valence-corrected chi connectivity index (χ4v) is 2.94. The first-order chi connectivity index (χ1) is 7.88. The van der Waals surface area contributed by atoms with Crippen molar-refractivity contribution in [3.05, 3.63) is 0 Å². The molecule has 0 spiro atoms. The number of rotatable bonds is 1. The number of amides is 1. The third-order valence-electron chi connectivity index (χ3n) is 4.15. The molecular formula is C13H20N2O2. The molecule has 94 valence electrons. The van der Waals surface area contributed by atoms with Crippen LogP contribution in [0.15, 0.2) is 0 Å². The van der Waals surface area contributed by atoms with Gasteiger partial charge in [-0.25, -0.2) is 0 Å². The summed E-state index contributed by atoms with van der Waals surface area (Å²) in [6.07, 6.45) is 2.59. The Balaban J connectivity index is 2.00.